The molecule has 0 spiro atoms. The van der Waals surface area contributed by atoms with E-state index < -0.39 is 0 Å². The van der Waals surface area contributed by atoms with Crippen LogP contribution in [0.5, 0.6) is 0 Å². The fourth-order valence-electron chi connectivity index (χ4n) is 2.47. The molecule has 1 aliphatic rings. The van der Waals surface area contributed by atoms with Gasteiger partial charge in [-0.2, -0.15) is 0 Å². The molecule has 2 atom stereocenters. The molecule has 1 saturated heterocycles. The van der Waals surface area contributed by atoms with Gasteiger partial charge in [-0.1, -0.05) is 24.3 Å². The molecule has 2 heteroatoms. The van der Waals surface area contributed by atoms with Gasteiger partial charge in [-0.05, 0) is 56.2 Å². The van der Waals surface area contributed by atoms with Gasteiger partial charge in [-0.15, -0.1) is 0 Å². The van der Waals surface area contributed by atoms with E-state index in [2.05, 4.69) is 29.6 Å². The molecular formula is C15H23NO. The van der Waals surface area contributed by atoms with Crippen molar-refractivity contribution in [3.63, 3.8) is 0 Å². The summed E-state index contributed by atoms with van der Waals surface area (Å²) in [5, 5.41) is 12.7. The molecule has 1 aromatic rings. The number of benzene rings is 1. The number of hydrogen-bond donors (Lipinski definition) is 2. The quantitative estimate of drug-likeness (QED) is 0.837. The number of aliphatic hydroxyl groups is 1. The highest BCUT2D eigenvalue weighted by atomic mass is 16.3. The molecule has 1 heterocycles. The molecule has 17 heavy (non-hydrogen) atoms. The Hall–Kier alpha value is -0.860. The SMILES string of the molecule is CC(O)CCc1ccc(C2CCCNC2)cc1. The maximum atomic E-state index is 9.26. The maximum Gasteiger partial charge on any atom is 0.0515 e. The first-order chi connectivity index (χ1) is 8.25. The molecule has 0 saturated carbocycles. The Morgan fingerprint density at radius 2 is 2.12 bits per heavy atom. The van der Waals surface area contributed by atoms with Crippen LogP contribution >= 0.6 is 0 Å². The zero-order valence-corrected chi connectivity index (χ0v) is 10.7. The largest absolute Gasteiger partial charge is 0.393 e. The Balaban J connectivity index is 1.92. The van der Waals surface area contributed by atoms with E-state index in [4.69, 9.17) is 0 Å². The second-order valence-electron chi connectivity index (χ2n) is 5.17. The second-order valence-corrected chi connectivity index (χ2v) is 5.17. The minimum absolute atomic E-state index is 0.197. The van der Waals surface area contributed by atoms with Crippen molar-refractivity contribution in [2.75, 3.05) is 13.1 Å². The first-order valence-electron chi connectivity index (χ1n) is 6.73. The van der Waals surface area contributed by atoms with E-state index in [1.54, 1.807) is 0 Å². The van der Waals surface area contributed by atoms with Crippen molar-refractivity contribution in [1.29, 1.82) is 0 Å². The fraction of sp³-hybridized carbons (Fsp3) is 0.600. The molecule has 1 aliphatic heterocycles. The van der Waals surface area contributed by atoms with E-state index in [0.29, 0.717) is 5.92 Å². The molecule has 94 valence electrons. The van der Waals surface area contributed by atoms with Gasteiger partial charge in [-0.25, -0.2) is 0 Å². The van der Waals surface area contributed by atoms with Crippen LogP contribution in [-0.4, -0.2) is 24.3 Å². The van der Waals surface area contributed by atoms with Crippen molar-refractivity contribution < 1.29 is 5.11 Å². The van der Waals surface area contributed by atoms with E-state index >= 15 is 0 Å². The first kappa shape index (κ1) is 12.6. The summed E-state index contributed by atoms with van der Waals surface area (Å²) in [6, 6.07) is 8.95. The average Bonchev–Trinajstić information content (AvgIpc) is 2.38. The van der Waals surface area contributed by atoms with Crippen LogP contribution in [0.4, 0.5) is 0 Å². The topological polar surface area (TPSA) is 32.3 Å². The Labute approximate surface area is 104 Å². The van der Waals surface area contributed by atoms with Gasteiger partial charge in [-0.3, -0.25) is 0 Å². The predicted molar refractivity (Wildman–Crippen MR) is 71.3 cm³/mol. The number of hydrogen-bond acceptors (Lipinski definition) is 2. The van der Waals surface area contributed by atoms with Crippen LogP contribution in [0.3, 0.4) is 0 Å². The minimum Gasteiger partial charge on any atom is -0.393 e. The van der Waals surface area contributed by atoms with Gasteiger partial charge in [0.15, 0.2) is 0 Å². The van der Waals surface area contributed by atoms with Crippen molar-refractivity contribution in [3.05, 3.63) is 35.4 Å². The van der Waals surface area contributed by atoms with Crippen LogP contribution in [0.2, 0.25) is 0 Å². The van der Waals surface area contributed by atoms with Gasteiger partial charge < -0.3 is 10.4 Å². The van der Waals surface area contributed by atoms with Gasteiger partial charge in [0, 0.05) is 6.54 Å². The Morgan fingerprint density at radius 1 is 1.35 bits per heavy atom. The molecule has 0 amide bonds. The Morgan fingerprint density at radius 3 is 2.71 bits per heavy atom. The number of aryl methyl sites for hydroxylation is 1. The molecular weight excluding hydrogens is 210 g/mol. The highest BCUT2D eigenvalue weighted by Crippen LogP contribution is 2.23. The van der Waals surface area contributed by atoms with Crippen LogP contribution in [0.1, 0.15) is 43.2 Å². The standard InChI is InChI=1S/C15H23NO/c1-12(17)4-5-13-6-8-14(9-7-13)15-3-2-10-16-11-15/h6-9,12,15-17H,2-5,10-11H2,1H3. The van der Waals surface area contributed by atoms with E-state index in [1.807, 2.05) is 6.92 Å². The molecule has 0 aromatic heterocycles. The van der Waals surface area contributed by atoms with Gasteiger partial charge in [0.2, 0.25) is 0 Å². The fourth-order valence-corrected chi connectivity index (χ4v) is 2.47. The minimum atomic E-state index is -0.197. The normalized spacial score (nSPS) is 22.4. The summed E-state index contributed by atoms with van der Waals surface area (Å²) < 4.78 is 0. The van der Waals surface area contributed by atoms with Crippen LogP contribution in [0.15, 0.2) is 24.3 Å². The zero-order valence-electron chi connectivity index (χ0n) is 10.7. The van der Waals surface area contributed by atoms with Crippen LogP contribution < -0.4 is 5.32 Å². The lowest BCUT2D eigenvalue weighted by Crippen LogP contribution is -2.28. The smallest absolute Gasteiger partial charge is 0.0515 e. The first-order valence-corrected chi connectivity index (χ1v) is 6.73. The predicted octanol–water partition coefficient (Wildman–Crippen LogP) is 2.47. The monoisotopic (exact) mass is 233 g/mol. The van der Waals surface area contributed by atoms with Crippen molar-refractivity contribution in [2.24, 2.45) is 0 Å². The molecule has 0 radical (unpaired) electrons. The van der Waals surface area contributed by atoms with Crippen LogP contribution in [-0.2, 0) is 6.42 Å². The van der Waals surface area contributed by atoms with Gasteiger partial charge in [0.05, 0.1) is 6.10 Å². The molecule has 1 fully saturated rings. The van der Waals surface area contributed by atoms with E-state index in [1.165, 1.54) is 30.5 Å². The molecule has 2 nitrogen and oxygen atoms in total. The third-order valence-corrected chi connectivity index (χ3v) is 3.60. The van der Waals surface area contributed by atoms with Crippen LogP contribution in [0, 0.1) is 0 Å². The Kier molecular flexibility index (Phi) is 4.57. The van der Waals surface area contributed by atoms with Crippen LogP contribution in [0.25, 0.3) is 0 Å². The molecule has 1 aromatic carbocycles. The highest BCUT2D eigenvalue weighted by molar-refractivity contribution is 5.26. The maximum absolute atomic E-state index is 9.26. The second kappa shape index (κ2) is 6.18. The zero-order chi connectivity index (χ0) is 12.1. The average molecular weight is 233 g/mol. The van der Waals surface area contributed by atoms with E-state index in [-0.39, 0.29) is 6.10 Å². The third kappa shape index (κ3) is 3.83. The van der Waals surface area contributed by atoms with Crippen molar-refractivity contribution in [1.82, 2.24) is 5.32 Å². The molecule has 2 unspecified atom stereocenters. The van der Waals surface area contributed by atoms with Gasteiger partial charge in [0.25, 0.3) is 0 Å². The van der Waals surface area contributed by atoms with Gasteiger partial charge >= 0.3 is 0 Å². The third-order valence-electron chi connectivity index (χ3n) is 3.60. The summed E-state index contributed by atoms with van der Waals surface area (Å²) >= 11 is 0. The summed E-state index contributed by atoms with van der Waals surface area (Å²) in [6.07, 6.45) is 4.22. The molecule has 2 N–H and O–H groups in total. The number of rotatable bonds is 4. The lowest BCUT2D eigenvalue weighted by Gasteiger charge is -2.23. The van der Waals surface area contributed by atoms with Crippen molar-refractivity contribution in [2.45, 2.75) is 44.6 Å². The summed E-state index contributed by atoms with van der Waals surface area (Å²) in [4.78, 5) is 0. The number of nitrogens with one attached hydrogen (secondary N) is 1. The lowest BCUT2D eigenvalue weighted by molar-refractivity contribution is 0.185. The van der Waals surface area contributed by atoms with Crippen molar-refractivity contribution >= 4 is 0 Å². The molecule has 0 aliphatic carbocycles. The summed E-state index contributed by atoms with van der Waals surface area (Å²) in [5.41, 5.74) is 2.79. The van der Waals surface area contributed by atoms with Gasteiger partial charge in [0.1, 0.15) is 0 Å². The highest BCUT2D eigenvalue weighted by Gasteiger charge is 2.14. The summed E-state index contributed by atoms with van der Waals surface area (Å²) in [5.74, 6) is 0.689. The summed E-state index contributed by atoms with van der Waals surface area (Å²) in [6.45, 7) is 4.14. The van der Waals surface area contributed by atoms with E-state index in [0.717, 1.165) is 19.4 Å². The van der Waals surface area contributed by atoms with Crippen molar-refractivity contribution in [3.8, 4) is 0 Å². The number of aliphatic hydroxyl groups excluding tert-OH is 1. The number of piperidine rings is 1. The summed E-state index contributed by atoms with van der Waals surface area (Å²) in [7, 11) is 0. The Bertz CT molecular complexity index is 325. The molecule has 0 bridgehead atoms. The van der Waals surface area contributed by atoms with E-state index in [9.17, 15) is 5.11 Å². The molecule has 2 rings (SSSR count). The lowest BCUT2D eigenvalue weighted by atomic mass is 9.91.